The monoisotopic (exact) mass is 352 g/mol. The number of hydrogen-bond donors (Lipinski definition) is 2. The standard InChI is InChI=1S/C13H14Cl2O7/c1-20-13(21-2)10(14)6-3-5(16)4-9(18)7(6)11(13,15)12(19,22-9)8(10)17/h6-7,18-19H,3-4H2,1-2H3/t6-,7-,9+,10-,11+,12-/m1/s1. The van der Waals surface area contributed by atoms with E-state index in [-0.39, 0.29) is 18.6 Å². The molecule has 2 bridgehead atoms. The Hall–Kier alpha value is -0.280. The second kappa shape index (κ2) is 3.69. The average molecular weight is 353 g/mol. The zero-order chi connectivity index (χ0) is 16.3. The summed E-state index contributed by atoms with van der Waals surface area (Å²) in [5, 5.41) is 21.5. The summed E-state index contributed by atoms with van der Waals surface area (Å²) in [6.45, 7) is 0. The number of alkyl halides is 2. The van der Waals surface area contributed by atoms with Crippen molar-refractivity contribution in [1.82, 2.24) is 0 Å². The number of methoxy groups -OCH3 is 2. The van der Waals surface area contributed by atoms with Crippen molar-refractivity contribution < 1.29 is 34.0 Å². The van der Waals surface area contributed by atoms with Gasteiger partial charge in [0.05, 0.1) is 6.42 Å². The molecule has 0 aromatic rings. The van der Waals surface area contributed by atoms with Gasteiger partial charge in [-0.15, -0.1) is 23.2 Å². The van der Waals surface area contributed by atoms with Gasteiger partial charge in [0.1, 0.15) is 5.78 Å². The van der Waals surface area contributed by atoms with E-state index in [1.807, 2.05) is 0 Å². The number of carbonyl (C=O) groups excluding carboxylic acids is 2. The summed E-state index contributed by atoms with van der Waals surface area (Å²) in [4.78, 5) is 20.9. The molecule has 7 nitrogen and oxygen atoms in total. The molecule has 3 saturated carbocycles. The Morgan fingerprint density at radius 3 is 2.36 bits per heavy atom. The molecule has 0 spiro atoms. The summed E-state index contributed by atoms with van der Waals surface area (Å²) in [6.07, 6.45) is -0.459. The fourth-order valence-corrected chi connectivity index (χ4v) is 6.56. The van der Waals surface area contributed by atoms with E-state index >= 15 is 0 Å². The summed E-state index contributed by atoms with van der Waals surface area (Å²) < 4.78 is 16.0. The van der Waals surface area contributed by atoms with E-state index in [0.717, 1.165) is 0 Å². The fraction of sp³-hybridized carbons (Fsp3) is 0.846. The number of ketones is 2. The highest BCUT2D eigenvalue weighted by Gasteiger charge is 3.01. The number of fused-ring (bicyclic) bond motifs is 2. The Kier molecular flexibility index (Phi) is 2.56. The number of hydrogen-bond acceptors (Lipinski definition) is 7. The quantitative estimate of drug-likeness (QED) is 0.511. The zero-order valence-electron chi connectivity index (χ0n) is 11.8. The molecular formula is C13H14Cl2O7. The minimum absolute atomic E-state index is 0.0788. The van der Waals surface area contributed by atoms with Crippen LogP contribution in [0, 0.1) is 11.8 Å². The molecule has 3 aliphatic carbocycles. The second-order valence-electron chi connectivity index (χ2n) is 6.37. The van der Waals surface area contributed by atoms with Gasteiger partial charge in [-0.3, -0.25) is 9.59 Å². The van der Waals surface area contributed by atoms with E-state index in [0.29, 0.717) is 0 Å². The normalized spacial score (nSPS) is 57.7. The van der Waals surface area contributed by atoms with Gasteiger partial charge in [0.2, 0.25) is 11.6 Å². The Labute approximate surface area is 135 Å². The minimum Gasteiger partial charge on any atom is -0.365 e. The highest BCUT2D eigenvalue weighted by atomic mass is 35.5. The van der Waals surface area contributed by atoms with Crippen LogP contribution in [0.5, 0.6) is 0 Å². The van der Waals surface area contributed by atoms with Crippen LogP contribution in [-0.4, -0.2) is 63.1 Å². The van der Waals surface area contributed by atoms with Crippen LogP contribution >= 0.6 is 23.2 Å². The lowest BCUT2D eigenvalue weighted by molar-refractivity contribution is -0.294. The second-order valence-corrected chi connectivity index (χ2v) is 7.56. The number of Topliss-reactive ketones (excluding diaryl/α,β-unsaturated/α-hetero) is 2. The van der Waals surface area contributed by atoms with E-state index in [1.54, 1.807) is 0 Å². The van der Waals surface area contributed by atoms with Crippen molar-refractivity contribution in [3.05, 3.63) is 0 Å². The summed E-state index contributed by atoms with van der Waals surface area (Å²) in [5.41, 5.74) is 0. The van der Waals surface area contributed by atoms with E-state index in [9.17, 15) is 19.8 Å². The number of ether oxygens (including phenoxy) is 3. The number of aliphatic hydroxyl groups is 2. The van der Waals surface area contributed by atoms with Gasteiger partial charge in [-0.1, -0.05) is 0 Å². The van der Waals surface area contributed by atoms with Crippen molar-refractivity contribution in [2.75, 3.05) is 14.2 Å². The zero-order valence-corrected chi connectivity index (χ0v) is 13.3. The van der Waals surface area contributed by atoms with Gasteiger partial charge in [0.25, 0.3) is 5.79 Å². The molecule has 4 fully saturated rings. The number of halogens is 2. The van der Waals surface area contributed by atoms with Crippen LogP contribution < -0.4 is 0 Å². The summed E-state index contributed by atoms with van der Waals surface area (Å²) in [6, 6.07) is 0. The minimum atomic E-state index is -2.59. The largest absolute Gasteiger partial charge is 0.365 e. The van der Waals surface area contributed by atoms with Crippen LogP contribution in [0.3, 0.4) is 0 Å². The van der Waals surface area contributed by atoms with Gasteiger partial charge in [0.15, 0.2) is 15.5 Å². The van der Waals surface area contributed by atoms with Gasteiger partial charge in [-0.2, -0.15) is 0 Å². The van der Waals surface area contributed by atoms with Gasteiger partial charge in [-0.05, 0) is 0 Å². The first-order valence-corrected chi connectivity index (χ1v) is 7.54. The molecule has 122 valence electrons. The van der Waals surface area contributed by atoms with Crippen molar-refractivity contribution in [3.63, 3.8) is 0 Å². The van der Waals surface area contributed by atoms with Crippen molar-refractivity contribution in [1.29, 1.82) is 0 Å². The lowest BCUT2D eigenvalue weighted by Crippen LogP contribution is -2.60. The predicted octanol–water partition coefficient (Wildman–Crippen LogP) is -0.470. The van der Waals surface area contributed by atoms with Crippen LogP contribution in [0.25, 0.3) is 0 Å². The summed E-state index contributed by atoms with van der Waals surface area (Å²) >= 11 is 13.2. The molecule has 0 aromatic carbocycles. The maximum Gasteiger partial charge on any atom is 0.256 e. The Bertz CT molecular complexity index is 622. The van der Waals surface area contributed by atoms with Gasteiger partial charge in [-0.25, -0.2) is 0 Å². The maximum atomic E-state index is 12.8. The Morgan fingerprint density at radius 2 is 1.82 bits per heavy atom. The van der Waals surface area contributed by atoms with E-state index in [2.05, 4.69) is 0 Å². The molecule has 1 aliphatic heterocycles. The molecule has 1 saturated heterocycles. The Morgan fingerprint density at radius 1 is 1.23 bits per heavy atom. The van der Waals surface area contributed by atoms with Crippen molar-refractivity contribution in [3.8, 4) is 0 Å². The van der Waals surface area contributed by atoms with Crippen LogP contribution in [-0.2, 0) is 23.8 Å². The molecule has 0 aromatic heterocycles. The van der Waals surface area contributed by atoms with Crippen LogP contribution in [0.1, 0.15) is 12.8 Å². The van der Waals surface area contributed by atoms with Gasteiger partial charge in [0, 0.05) is 32.5 Å². The third-order valence-electron chi connectivity index (χ3n) is 5.71. The smallest absolute Gasteiger partial charge is 0.256 e. The van der Waals surface area contributed by atoms with Crippen molar-refractivity contribution in [2.24, 2.45) is 11.8 Å². The first-order valence-electron chi connectivity index (χ1n) is 6.78. The molecule has 9 heteroatoms. The van der Waals surface area contributed by atoms with Crippen LogP contribution in [0.4, 0.5) is 0 Å². The number of rotatable bonds is 2. The molecular weight excluding hydrogens is 339 g/mol. The maximum absolute atomic E-state index is 12.8. The highest BCUT2D eigenvalue weighted by Crippen LogP contribution is 2.79. The molecule has 0 amide bonds. The SMILES string of the molecule is COC1(OC)[C@]2(Cl)[C@@H]3[C@H]4CC(=O)C[C@]3(O)O[C@]2(O)C(=O)[C@]41Cl. The first-order chi connectivity index (χ1) is 10.1. The average Bonchev–Trinajstić information content (AvgIpc) is 2.76. The topological polar surface area (TPSA) is 102 Å². The van der Waals surface area contributed by atoms with Crippen molar-refractivity contribution in [2.45, 2.75) is 40.0 Å². The van der Waals surface area contributed by atoms with E-state index in [1.165, 1.54) is 14.2 Å². The third-order valence-corrected chi connectivity index (χ3v) is 7.16. The van der Waals surface area contributed by atoms with Crippen molar-refractivity contribution >= 4 is 34.8 Å². The molecule has 4 aliphatic rings. The molecule has 2 N–H and O–H groups in total. The van der Waals surface area contributed by atoms with Gasteiger partial charge >= 0.3 is 0 Å². The highest BCUT2D eigenvalue weighted by molar-refractivity contribution is 6.45. The molecule has 0 unspecified atom stereocenters. The Balaban J connectivity index is 2.10. The third kappa shape index (κ3) is 1.03. The lowest BCUT2D eigenvalue weighted by Gasteiger charge is -2.40. The molecule has 0 radical (unpaired) electrons. The van der Waals surface area contributed by atoms with Crippen LogP contribution in [0.2, 0.25) is 0 Å². The first kappa shape index (κ1) is 15.3. The fourth-order valence-electron chi connectivity index (χ4n) is 5.13. The number of carbonyl (C=O) groups is 2. The van der Waals surface area contributed by atoms with Gasteiger partial charge < -0.3 is 24.4 Å². The van der Waals surface area contributed by atoms with E-state index < -0.39 is 44.7 Å². The summed E-state index contributed by atoms with van der Waals surface area (Å²) in [5.74, 6) is -9.75. The molecule has 4 rings (SSSR count). The van der Waals surface area contributed by atoms with E-state index in [4.69, 9.17) is 37.4 Å². The molecule has 22 heavy (non-hydrogen) atoms. The molecule has 6 atom stereocenters. The summed E-state index contributed by atoms with van der Waals surface area (Å²) in [7, 11) is 2.47. The predicted molar refractivity (Wildman–Crippen MR) is 71.1 cm³/mol. The van der Waals surface area contributed by atoms with Crippen LogP contribution in [0.15, 0.2) is 0 Å². The lowest BCUT2D eigenvalue weighted by atomic mass is 9.67. The molecule has 1 heterocycles.